The average molecular weight is 129 g/mol. The van der Waals surface area contributed by atoms with Crippen LogP contribution in [0.1, 0.15) is 13.8 Å². The normalized spacial score (nSPS) is 34.0. The zero-order valence-electron chi connectivity index (χ0n) is 5.59. The van der Waals surface area contributed by atoms with E-state index in [1.807, 2.05) is 13.8 Å². The second kappa shape index (κ2) is 1.99. The molecule has 0 unspecified atom stereocenters. The minimum atomic E-state index is -0.759. The maximum Gasteiger partial charge on any atom is 0.251 e. The van der Waals surface area contributed by atoms with Crippen LogP contribution >= 0.6 is 0 Å². The van der Waals surface area contributed by atoms with Crippen molar-refractivity contribution in [2.45, 2.75) is 26.0 Å². The van der Waals surface area contributed by atoms with Crippen LogP contribution in [-0.4, -0.2) is 23.2 Å². The Labute approximate surface area is 54.1 Å². The molecule has 0 bridgehead atoms. The fourth-order valence-corrected chi connectivity index (χ4v) is 0.927. The highest BCUT2D eigenvalue weighted by atomic mass is 16.3. The number of β-lactam (4-membered cyclic amide) rings is 1. The lowest BCUT2D eigenvalue weighted by molar-refractivity contribution is -0.144. The van der Waals surface area contributed by atoms with Gasteiger partial charge in [-0.15, -0.1) is 0 Å². The molecule has 0 aromatic rings. The average Bonchev–Trinajstić information content (AvgIpc) is 1.81. The molecule has 52 valence electrons. The number of carbonyl (C=O) groups is 1. The molecular formula is C6H11NO2. The Morgan fingerprint density at radius 2 is 2.22 bits per heavy atom. The Hall–Kier alpha value is -0.570. The maximum atomic E-state index is 10.4. The van der Waals surface area contributed by atoms with Gasteiger partial charge in [0.2, 0.25) is 0 Å². The second-order valence-corrected chi connectivity index (χ2v) is 2.72. The number of carbonyl (C=O) groups excluding carboxylic acids is 1. The molecule has 1 heterocycles. The van der Waals surface area contributed by atoms with Crippen molar-refractivity contribution in [3.8, 4) is 0 Å². The third-order valence-corrected chi connectivity index (χ3v) is 1.64. The molecule has 3 nitrogen and oxygen atoms in total. The zero-order chi connectivity index (χ0) is 7.02. The van der Waals surface area contributed by atoms with Crippen LogP contribution in [0.2, 0.25) is 0 Å². The minimum absolute atomic E-state index is 0.0162. The summed E-state index contributed by atoms with van der Waals surface area (Å²) in [7, 11) is 0. The van der Waals surface area contributed by atoms with E-state index in [1.54, 1.807) is 0 Å². The first-order valence-corrected chi connectivity index (χ1v) is 3.11. The zero-order valence-corrected chi connectivity index (χ0v) is 5.59. The molecule has 3 heteroatoms. The fraction of sp³-hybridized carbons (Fsp3) is 0.833. The Morgan fingerprint density at radius 3 is 2.33 bits per heavy atom. The number of aliphatic hydroxyl groups is 1. The summed E-state index contributed by atoms with van der Waals surface area (Å²) in [4.78, 5) is 10.4. The van der Waals surface area contributed by atoms with Crippen molar-refractivity contribution in [3.63, 3.8) is 0 Å². The van der Waals surface area contributed by atoms with E-state index in [-0.39, 0.29) is 11.9 Å². The van der Waals surface area contributed by atoms with Gasteiger partial charge in [-0.3, -0.25) is 4.79 Å². The van der Waals surface area contributed by atoms with Crippen LogP contribution in [0, 0.1) is 5.92 Å². The van der Waals surface area contributed by atoms with Crippen LogP contribution < -0.4 is 5.32 Å². The highest BCUT2D eigenvalue weighted by Crippen LogP contribution is 2.14. The van der Waals surface area contributed by atoms with Crippen LogP contribution in [0.3, 0.4) is 0 Å². The minimum Gasteiger partial charge on any atom is -0.381 e. The molecule has 0 radical (unpaired) electrons. The first kappa shape index (κ1) is 6.55. The van der Waals surface area contributed by atoms with Gasteiger partial charge in [0, 0.05) is 0 Å². The molecule has 0 spiro atoms. The lowest BCUT2D eigenvalue weighted by atomic mass is 9.91. The first-order chi connectivity index (χ1) is 4.13. The van der Waals surface area contributed by atoms with Gasteiger partial charge in [-0.1, -0.05) is 13.8 Å². The third kappa shape index (κ3) is 0.920. The largest absolute Gasteiger partial charge is 0.381 e. The highest BCUT2D eigenvalue weighted by Gasteiger charge is 2.39. The quantitative estimate of drug-likeness (QED) is 0.469. The number of hydrogen-bond acceptors (Lipinski definition) is 2. The molecule has 1 aliphatic rings. The summed E-state index contributed by atoms with van der Waals surface area (Å²) in [5.74, 6) is 0.0893. The summed E-state index contributed by atoms with van der Waals surface area (Å²) < 4.78 is 0. The number of amides is 1. The number of nitrogens with one attached hydrogen (secondary N) is 1. The van der Waals surface area contributed by atoms with E-state index < -0.39 is 6.10 Å². The van der Waals surface area contributed by atoms with Gasteiger partial charge in [0.1, 0.15) is 0 Å². The summed E-state index contributed by atoms with van der Waals surface area (Å²) in [6.07, 6.45) is -0.759. The van der Waals surface area contributed by atoms with Crippen molar-refractivity contribution in [1.82, 2.24) is 5.32 Å². The Balaban J connectivity index is 2.42. The van der Waals surface area contributed by atoms with Gasteiger partial charge in [-0.2, -0.15) is 0 Å². The van der Waals surface area contributed by atoms with E-state index in [0.29, 0.717) is 5.92 Å². The molecule has 0 aromatic heterocycles. The molecule has 1 aliphatic heterocycles. The maximum absolute atomic E-state index is 10.4. The van der Waals surface area contributed by atoms with E-state index >= 15 is 0 Å². The molecule has 1 saturated heterocycles. The van der Waals surface area contributed by atoms with Gasteiger partial charge < -0.3 is 10.4 Å². The van der Waals surface area contributed by atoms with Crippen molar-refractivity contribution < 1.29 is 9.90 Å². The van der Waals surface area contributed by atoms with Crippen molar-refractivity contribution >= 4 is 5.91 Å². The summed E-state index contributed by atoms with van der Waals surface area (Å²) in [6, 6.07) is -0.0162. The molecule has 2 atom stereocenters. The first-order valence-electron chi connectivity index (χ1n) is 3.11. The number of hydrogen-bond donors (Lipinski definition) is 2. The molecule has 1 rings (SSSR count). The van der Waals surface area contributed by atoms with Crippen LogP contribution in [0.15, 0.2) is 0 Å². The van der Waals surface area contributed by atoms with Crippen molar-refractivity contribution in [3.05, 3.63) is 0 Å². The van der Waals surface area contributed by atoms with Crippen molar-refractivity contribution in [2.75, 3.05) is 0 Å². The van der Waals surface area contributed by atoms with E-state index in [1.165, 1.54) is 0 Å². The predicted molar refractivity (Wildman–Crippen MR) is 32.8 cm³/mol. The van der Waals surface area contributed by atoms with E-state index in [0.717, 1.165) is 0 Å². The summed E-state index contributed by atoms with van der Waals surface area (Å²) >= 11 is 0. The van der Waals surface area contributed by atoms with Gasteiger partial charge in [0.05, 0.1) is 6.04 Å². The Morgan fingerprint density at radius 1 is 1.67 bits per heavy atom. The molecule has 1 fully saturated rings. The topological polar surface area (TPSA) is 49.3 Å². The number of rotatable bonds is 1. The smallest absolute Gasteiger partial charge is 0.251 e. The van der Waals surface area contributed by atoms with E-state index in [2.05, 4.69) is 5.32 Å². The molecule has 9 heavy (non-hydrogen) atoms. The molecule has 0 aliphatic carbocycles. The van der Waals surface area contributed by atoms with Crippen molar-refractivity contribution in [1.29, 1.82) is 0 Å². The van der Waals surface area contributed by atoms with Gasteiger partial charge in [-0.05, 0) is 5.92 Å². The predicted octanol–water partition coefficient (Wildman–Crippen LogP) is -0.498. The fourth-order valence-electron chi connectivity index (χ4n) is 0.927. The Bertz CT molecular complexity index is 133. The summed E-state index contributed by atoms with van der Waals surface area (Å²) in [5.41, 5.74) is 0. The van der Waals surface area contributed by atoms with Crippen LogP contribution in [0.4, 0.5) is 0 Å². The number of aliphatic hydroxyl groups excluding tert-OH is 1. The molecule has 0 aromatic carbocycles. The Kier molecular flexibility index (Phi) is 1.45. The monoisotopic (exact) mass is 129 g/mol. The molecular weight excluding hydrogens is 118 g/mol. The third-order valence-electron chi connectivity index (χ3n) is 1.64. The van der Waals surface area contributed by atoms with Gasteiger partial charge in [-0.25, -0.2) is 0 Å². The van der Waals surface area contributed by atoms with Gasteiger partial charge >= 0.3 is 0 Å². The lowest BCUT2D eigenvalue weighted by Gasteiger charge is -2.35. The summed E-state index contributed by atoms with van der Waals surface area (Å²) in [6.45, 7) is 3.93. The second-order valence-electron chi connectivity index (χ2n) is 2.72. The van der Waals surface area contributed by atoms with Crippen molar-refractivity contribution in [2.24, 2.45) is 5.92 Å². The van der Waals surface area contributed by atoms with Gasteiger partial charge in [0.15, 0.2) is 6.10 Å². The van der Waals surface area contributed by atoms with Crippen LogP contribution in [0.25, 0.3) is 0 Å². The standard InChI is InChI=1S/C6H11NO2/c1-3(2)4-5(8)6(9)7-4/h3-5,8H,1-2H3,(H,7,9)/t4-,5+/m0/s1. The van der Waals surface area contributed by atoms with Gasteiger partial charge in [0.25, 0.3) is 5.91 Å². The lowest BCUT2D eigenvalue weighted by Crippen LogP contribution is -2.64. The SMILES string of the molecule is CC(C)[C@@H]1NC(=O)[C@@H]1O. The van der Waals surface area contributed by atoms with E-state index in [4.69, 9.17) is 5.11 Å². The summed E-state index contributed by atoms with van der Waals surface area (Å²) in [5, 5.41) is 11.5. The molecule has 1 amide bonds. The van der Waals surface area contributed by atoms with Crippen LogP contribution in [-0.2, 0) is 4.79 Å². The van der Waals surface area contributed by atoms with E-state index in [9.17, 15) is 4.79 Å². The molecule has 2 N–H and O–H groups in total. The highest BCUT2D eigenvalue weighted by molar-refractivity contribution is 5.87. The molecule has 0 saturated carbocycles. The van der Waals surface area contributed by atoms with Crippen LogP contribution in [0.5, 0.6) is 0 Å².